The van der Waals surface area contributed by atoms with Crippen molar-refractivity contribution in [3.05, 3.63) is 27.4 Å². The van der Waals surface area contributed by atoms with E-state index in [1.165, 1.54) is 0 Å². The minimum atomic E-state index is -0.450. The number of β-amino-alcohol motifs (C(OH)–C–C–N with tert-alkyl or cyclic N) is 1. The number of aromatic amines is 1. The largest absolute Gasteiger partial charge is 0.391 e. The molecular weight excluding hydrogens is 270 g/mol. The summed E-state index contributed by atoms with van der Waals surface area (Å²) in [5.41, 5.74) is 1.08. The van der Waals surface area contributed by atoms with E-state index in [0.29, 0.717) is 36.6 Å². The minimum absolute atomic E-state index is 0.0136. The lowest BCUT2D eigenvalue weighted by Gasteiger charge is -2.34. The lowest BCUT2D eigenvalue weighted by atomic mass is 9.95. The second kappa shape index (κ2) is 6.39. The highest BCUT2D eigenvalue weighted by molar-refractivity contribution is 5.76. The fourth-order valence-corrected chi connectivity index (χ4v) is 2.71. The third-order valence-corrected chi connectivity index (χ3v) is 4.20. The second-order valence-corrected chi connectivity index (χ2v) is 5.89. The maximum Gasteiger partial charge on any atom is 0.254 e. The fourth-order valence-electron chi connectivity index (χ4n) is 2.71. The summed E-state index contributed by atoms with van der Waals surface area (Å²) in [6, 6.07) is 0. The number of rotatable bonds is 3. The van der Waals surface area contributed by atoms with Gasteiger partial charge in [0.25, 0.3) is 5.56 Å². The fraction of sp³-hybridized carbons (Fsp3) is 0.667. The average molecular weight is 293 g/mol. The number of aliphatic hydroxyl groups excluding tert-OH is 1. The number of nitrogens with zero attached hydrogens (tertiary/aromatic N) is 2. The molecule has 6 heteroatoms. The van der Waals surface area contributed by atoms with Crippen LogP contribution in [0.25, 0.3) is 0 Å². The summed E-state index contributed by atoms with van der Waals surface area (Å²) in [4.78, 5) is 32.7. The Labute approximate surface area is 124 Å². The number of H-pyrrole nitrogens is 1. The Morgan fingerprint density at radius 2 is 2.19 bits per heavy atom. The number of carbonyl (C=O) groups is 1. The summed E-state index contributed by atoms with van der Waals surface area (Å²) in [6.45, 7) is 6.58. The molecular formula is C15H23N3O3. The van der Waals surface area contributed by atoms with Gasteiger partial charge in [0.2, 0.25) is 5.91 Å². The zero-order chi connectivity index (χ0) is 15.6. The molecule has 2 heterocycles. The average Bonchev–Trinajstić information content (AvgIpc) is 2.40. The van der Waals surface area contributed by atoms with E-state index in [1.54, 1.807) is 18.7 Å². The molecule has 2 N–H and O–H groups in total. The Morgan fingerprint density at radius 1 is 1.48 bits per heavy atom. The number of aliphatic hydroxyl groups is 1. The summed E-state index contributed by atoms with van der Waals surface area (Å²) in [5, 5.41) is 9.84. The van der Waals surface area contributed by atoms with Crippen LogP contribution in [0.4, 0.5) is 0 Å². The number of hydrogen-bond donors (Lipinski definition) is 2. The van der Waals surface area contributed by atoms with Gasteiger partial charge in [-0.1, -0.05) is 6.92 Å². The van der Waals surface area contributed by atoms with Crippen molar-refractivity contribution in [1.82, 2.24) is 14.9 Å². The Bertz CT molecular complexity index is 582. The van der Waals surface area contributed by atoms with E-state index in [1.807, 2.05) is 6.92 Å². The molecule has 0 saturated carbocycles. The van der Waals surface area contributed by atoms with Gasteiger partial charge in [-0.25, -0.2) is 4.98 Å². The van der Waals surface area contributed by atoms with Crippen LogP contribution >= 0.6 is 0 Å². The van der Waals surface area contributed by atoms with Crippen molar-refractivity contribution in [2.24, 2.45) is 5.92 Å². The Kier molecular flexibility index (Phi) is 4.77. The highest BCUT2D eigenvalue weighted by atomic mass is 16.3. The molecule has 21 heavy (non-hydrogen) atoms. The first-order valence-electron chi connectivity index (χ1n) is 7.40. The highest BCUT2D eigenvalue weighted by Gasteiger charge is 2.27. The number of carbonyl (C=O) groups excluding carboxylic acids is 1. The van der Waals surface area contributed by atoms with Gasteiger partial charge in [-0.05, 0) is 32.6 Å². The quantitative estimate of drug-likeness (QED) is 0.852. The number of hydrogen-bond acceptors (Lipinski definition) is 4. The summed E-state index contributed by atoms with van der Waals surface area (Å²) >= 11 is 0. The zero-order valence-corrected chi connectivity index (χ0v) is 12.8. The molecule has 1 aliphatic heterocycles. The summed E-state index contributed by atoms with van der Waals surface area (Å²) in [5.74, 6) is 0.807. The van der Waals surface area contributed by atoms with Crippen LogP contribution < -0.4 is 5.56 Å². The molecule has 0 radical (unpaired) electrons. The number of aromatic nitrogens is 2. The molecule has 0 aliphatic carbocycles. The number of amides is 1. The number of nitrogens with one attached hydrogen (secondary N) is 1. The predicted octanol–water partition coefficient (Wildman–Crippen LogP) is 0.549. The van der Waals surface area contributed by atoms with Gasteiger partial charge in [-0.2, -0.15) is 0 Å². The molecule has 1 amide bonds. The molecule has 0 bridgehead atoms. The van der Waals surface area contributed by atoms with Gasteiger partial charge in [0.05, 0.1) is 6.10 Å². The van der Waals surface area contributed by atoms with Crippen molar-refractivity contribution < 1.29 is 9.90 Å². The van der Waals surface area contributed by atoms with Gasteiger partial charge in [0, 0.05) is 30.8 Å². The van der Waals surface area contributed by atoms with Crippen molar-refractivity contribution >= 4 is 5.91 Å². The van der Waals surface area contributed by atoms with E-state index >= 15 is 0 Å². The molecule has 2 rings (SSSR count). The van der Waals surface area contributed by atoms with Crippen LogP contribution in [0.5, 0.6) is 0 Å². The van der Waals surface area contributed by atoms with Crippen LogP contribution in [0.2, 0.25) is 0 Å². The van der Waals surface area contributed by atoms with Gasteiger partial charge < -0.3 is 15.0 Å². The van der Waals surface area contributed by atoms with E-state index in [-0.39, 0.29) is 23.8 Å². The first kappa shape index (κ1) is 15.7. The van der Waals surface area contributed by atoms with E-state index in [4.69, 9.17) is 0 Å². The SMILES string of the molecule is Cc1nc(C)c(CCC(=O)N2CCC(C)C(O)C2)c(=O)[nH]1. The molecule has 0 aromatic carbocycles. The van der Waals surface area contributed by atoms with Crippen molar-refractivity contribution in [3.8, 4) is 0 Å². The monoisotopic (exact) mass is 293 g/mol. The first-order valence-corrected chi connectivity index (χ1v) is 7.40. The number of aryl methyl sites for hydroxylation is 2. The Hall–Kier alpha value is -1.69. The predicted molar refractivity (Wildman–Crippen MR) is 79.0 cm³/mol. The maximum absolute atomic E-state index is 12.2. The molecule has 1 fully saturated rings. The highest BCUT2D eigenvalue weighted by Crippen LogP contribution is 2.18. The van der Waals surface area contributed by atoms with Crippen LogP contribution in [0.3, 0.4) is 0 Å². The minimum Gasteiger partial charge on any atom is -0.391 e. The van der Waals surface area contributed by atoms with Gasteiger partial charge in [0.1, 0.15) is 5.82 Å². The molecule has 1 aromatic heterocycles. The molecule has 1 aliphatic rings. The van der Waals surface area contributed by atoms with Gasteiger partial charge in [-0.3, -0.25) is 9.59 Å². The maximum atomic E-state index is 12.2. The smallest absolute Gasteiger partial charge is 0.254 e. The normalized spacial score (nSPS) is 22.4. The lowest BCUT2D eigenvalue weighted by molar-refractivity contribution is -0.135. The molecule has 0 spiro atoms. The Balaban J connectivity index is 1.97. The molecule has 1 saturated heterocycles. The van der Waals surface area contributed by atoms with Crippen LogP contribution in [-0.4, -0.2) is 45.1 Å². The summed E-state index contributed by atoms with van der Waals surface area (Å²) in [7, 11) is 0. The third kappa shape index (κ3) is 3.69. The van der Waals surface area contributed by atoms with Crippen LogP contribution in [0.1, 0.15) is 36.8 Å². The van der Waals surface area contributed by atoms with Crippen molar-refractivity contribution in [2.75, 3.05) is 13.1 Å². The van der Waals surface area contributed by atoms with E-state index in [2.05, 4.69) is 9.97 Å². The number of piperidine rings is 1. The second-order valence-electron chi connectivity index (χ2n) is 5.89. The molecule has 6 nitrogen and oxygen atoms in total. The lowest BCUT2D eigenvalue weighted by Crippen LogP contribution is -2.46. The molecule has 2 unspecified atom stereocenters. The summed E-state index contributed by atoms with van der Waals surface area (Å²) in [6.07, 6.45) is 1.03. The Morgan fingerprint density at radius 3 is 2.81 bits per heavy atom. The van der Waals surface area contributed by atoms with Gasteiger partial charge >= 0.3 is 0 Å². The van der Waals surface area contributed by atoms with E-state index in [9.17, 15) is 14.7 Å². The van der Waals surface area contributed by atoms with Crippen LogP contribution in [0.15, 0.2) is 4.79 Å². The molecule has 116 valence electrons. The van der Waals surface area contributed by atoms with E-state index < -0.39 is 6.10 Å². The van der Waals surface area contributed by atoms with Crippen LogP contribution in [-0.2, 0) is 11.2 Å². The van der Waals surface area contributed by atoms with Gasteiger partial charge in [0.15, 0.2) is 0 Å². The van der Waals surface area contributed by atoms with E-state index in [0.717, 1.165) is 6.42 Å². The first-order chi connectivity index (χ1) is 9.88. The standard InChI is InChI=1S/C15H23N3O3/c1-9-6-7-18(8-13(9)19)14(20)5-4-12-10(2)16-11(3)17-15(12)21/h9,13,19H,4-8H2,1-3H3,(H,16,17,21). The third-order valence-electron chi connectivity index (χ3n) is 4.20. The van der Waals surface area contributed by atoms with Gasteiger partial charge in [-0.15, -0.1) is 0 Å². The van der Waals surface area contributed by atoms with Crippen molar-refractivity contribution in [1.29, 1.82) is 0 Å². The molecule has 2 atom stereocenters. The summed E-state index contributed by atoms with van der Waals surface area (Å²) < 4.78 is 0. The molecule has 1 aromatic rings. The number of likely N-dealkylation sites (tertiary alicyclic amines) is 1. The topological polar surface area (TPSA) is 86.3 Å². The van der Waals surface area contributed by atoms with Crippen molar-refractivity contribution in [3.63, 3.8) is 0 Å². The van der Waals surface area contributed by atoms with Crippen molar-refractivity contribution in [2.45, 2.75) is 46.1 Å². The zero-order valence-electron chi connectivity index (χ0n) is 12.8. The van der Waals surface area contributed by atoms with Crippen LogP contribution in [0, 0.1) is 19.8 Å².